The van der Waals surface area contributed by atoms with Crippen LogP contribution < -0.4 is 0 Å². The molecule has 1 rings (SSSR count). The van der Waals surface area contributed by atoms with E-state index >= 15 is 0 Å². The number of aliphatic hydroxyl groups excluding tert-OH is 1. The van der Waals surface area contributed by atoms with Crippen LogP contribution >= 0.6 is 0 Å². The van der Waals surface area contributed by atoms with Crippen molar-refractivity contribution in [1.82, 2.24) is 4.90 Å². The standard InChI is InChI=1S/C6H13NO2/c1-6(9)3-5(8)4-7(6)2/h5,8-9H,3-4H2,1-2H3/t5-,6+/m1/s1. The van der Waals surface area contributed by atoms with Crippen LogP contribution in [0.25, 0.3) is 0 Å². The quantitative estimate of drug-likeness (QED) is 0.461. The topological polar surface area (TPSA) is 43.7 Å². The second-order valence-electron chi connectivity index (χ2n) is 2.96. The fraction of sp³-hybridized carbons (Fsp3) is 1.00. The maximum absolute atomic E-state index is 9.40. The molecule has 1 heterocycles. The van der Waals surface area contributed by atoms with Crippen molar-refractivity contribution in [3.63, 3.8) is 0 Å². The fourth-order valence-corrected chi connectivity index (χ4v) is 1.18. The van der Waals surface area contributed by atoms with Crippen LogP contribution in [-0.2, 0) is 0 Å². The van der Waals surface area contributed by atoms with E-state index in [1.807, 2.05) is 0 Å². The molecule has 3 heteroatoms. The summed E-state index contributed by atoms with van der Waals surface area (Å²) in [5.74, 6) is 0. The van der Waals surface area contributed by atoms with Crippen LogP contribution in [0.15, 0.2) is 0 Å². The highest BCUT2D eigenvalue weighted by atomic mass is 16.3. The zero-order chi connectivity index (χ0) is 7.07. The van der Waals surface area contributed by atoms with E-state index in [-0.39, 0.29) is 6.10 Å². The predicted molar refractivity (Wildman–Crippen MR) is 33.9 cm³/mol. The molecule has 0 radical (unpaired) electrons. The third-order valence-electron chi connectivity index (χ3n) is 1.93. The summed E-state index contributed by atoms with van der Waals surface area (Å²) in [7, 11) is 1.80. The second-order valence-corrected chi connectivity index (χ2v) is 2.96. The minimum Gasteiger partial charge on any atom is -0.392 e. The van der Waals surface area contributed by atoms with Crippen LogP contribution in [0.1, 0.15) is 13.3 Å². The Morgan fingerprint density at radius 3 is 2.33 bits per heavy atom. The van der Waals surface area contributed by atoms with Gasteiger partial charge in [0.05, 0.1) is 6.10 Å². The average Bonchev–Trinajstić information content (AvgIpc) is 1.79. The van der Waals surface area contributed by atoms with Crippen molar-refractivity contribution in [2.75, 3.05) is 13.6 Å². The van der Waals surface area contributed by atoms with Crippen molar-refractivity contribution in [1.29, 1.82) is 0 Å². The van der Waals surface area contributed by atoms with Crippen LogP contribution in [-0.4, -0.2) is 40.5 Å². The van der Waals surface area contributed by atoms with Gasteiger partial charge < -0.3 is 10.2 Å². The minimum atomic E-state index is -0.792. The van der Waals surface area contributed by atoms with Gasteiger partial charge in [-0.1, -0.05) is 0 Å². The molecule has 2 N–H and O–H groups in total. The zero-order valence-corrected chi connectivity index (χ0v) is 5.83. The lowest BCUT2D eigenvalue weighted by Gasteiger charge is -2.24. The average molecular weight is 131 g/mol. The van der Waals surface area contributed by atoms with Gasteiger partial charge in [-0.05, 0) is 14.0 Å². The molecular formula is C6H13NO2. The molecular weight excluding hydrogens is 118 g/mol. The number of hydrogen-bond acceptors (Lipinski definition) is 3. The molecule has 0 amide bonds. The summed E-state index contributed by atoms with van der Waals surface area (Å²) in [5.41, 5.74) is -0.792. The maximum Gasteiger partial charge on any atom is 0.118 e. The molecule has 1 saturated heterocycles. The third kappa shape index (κ3) is 1.23. The van der Waals surface area contributed by atoms with E-state index in [0.717, 1.165) is 0 Å². The monoisotopic (exact) mass is 131 g/mol. The van der Waals surface area contributed by atoms with Crippen LogP contribution in [0.4, 0.5) is 0 Å². The Bertz CT molecular complexity index is 114. The third-order valence-corrected chi connectivity index (χ3v) is 1.93. The van der Waals surface area contributed by atoms with Crippen molar-refractivity contribution < 1.29 is 10.2 Å². The van der Waals surface area contributed by atoms with Gasteiger partial charge in [0.2, 0.25) is 0 Å². The first-order chi connectivity index (χ1) is 4.02. The maximum atomic E-state index is 9.40. The molecule has 9 heavy (non-hydrogen) atoms. The van der Waals surface area contributed by atoms with Gasteiger partial charge in [0.25, 0.3) is 0 Å². The molecule has 1 aliphatic rings. The lowest BCUT2D eigenvalue weighted by molar-refractivity contribution is -0.0508. The summed E-state index contributed by atoms with van der Waals surface area (Å²) >= 11 is 0. The summed E-state index contributed by atoms with van der Waals surface area (Å²) in [5, 5.41) is 18.4. The Labute approximate surface area is 54.9 Å². The molecule has 54 valence electrons. The van der Waals surface area contributed by atoms with Crippen molar-refractivity contribution in [2.45, 2.75) is 25.2 Å². The zero-order valence-electron chi connectivity index (χ0n) is 5.83. The Morgan fingerprint density at radius 2 is 2.22 bits per heavy atom. The predicted octanol–water partition coefficient (Wildman–Crippen LogP) is -0.609. The van der Waals surface area contributed by atoms with Crippen LogP contribution in [0.3, 0.4) is 0 Å². The van der Waals surface area contributed by atoms with Crippen LogP contribution in [0, 0.1) is 0 Å². The first-order valence-corrected chi connectivity index (χ1v) is 3.14. The van der Waals surface area contributed by atoms with Crippen LogP contribution in [0.5, 0.6) is 0 Å². The number of hydrogen-bond donors (Lipinski definition) is 2. The molecule has 0 unspecified atom stereocenters. The molecule has 0 aromatic heterocycles. The van der Waals surface area contributed by atoms with Gasteiger partial charge in [0.15, 0.2) is 0 Å². The Kier molecular flexibility index (Phi) is 1.50. The lowest BCUT2D eigenvalue weighted by atomic mass is 10.2. The molecule has 0 aromatic rings. The van der Waals surface area contributed by atoms with Gasteiger partial charge in [-0.3, -0.25) is 4.90 Å². The smallest absolute Gasteiger partial charge is 0.118 e. The van der Waals surface area contributed by atoms with Gasteiger partial charge in [-0.2, -0.15) is 0 Å². The largest absolute Gasteiger partial charge is 0.392 e. The number of rotatable bonds is 0. The van der Waals surface area contributed by atoms with E-state index in [0.29, 0.717) is 13.0 Å². The molecule has 0 saturated carbocycles. The Hall–Kier alpha value is -0.120. The van der Waals surface area contributed by atoms with Gasteiger partial charge in [0.1, 0.15) is 5.72 Å². The summed E-state index contributed by atoms with van der Waals surface area (Å²) in [6.07, 6.45) is 0.105. The van der Waals surface area contributed by atoms with E-state index in [4.69, 9.17) is 5.11 Å². The van der Waals surface area contributed by atoms with Gasteiger partial charge in [-0.25, -0.2) is 0 Å². The normalized spacial score (nSPS) is 46.0. The number of aliphatic hydroxyl groups is 2. The number of nitrogens with zero attached hydrogens (tertiary/aromatic N) is 1. The van der Waals surface area contributed by atoms with E-state index in [1.165, 1.54) is 0 Å². The molecule has 0 spiro atoms. The summed E-state index contributed by atoms with van der Waals surface area (Å²) < 4.78 is 0. The minimum absolute atomic E-state index is 0.356. The van der Waals surface area contributed by atoms with E-state index < -0.39 is 5.72 Å². The van der Waals surface area contributed by atoms with E-state index in [2.05, 4.69) is 0 Å². The van der Waals surface area contributed by atoms with Crippen molar-refractivity contribution in [3.05, 3.63) is 0 Å². The molecule has 3 nitrogen and oxygen atoms in total. The number of likely N-dealkylation sites (N-methyl/N-ethyl adjacent to an activating group) is 1. The first kappa shape index (κ1) is 6.99. The Balaban J connectivity index is 2.58. The molecule has 0 aromatic carbocycles. The van der Waals surface area contributed by atoms with Gasteiger partial charge >= 0.3 is 0 Å². The number of likely N-dealkylation sites (tertiary alicyclic amines) is 1. The summed E-state index contributed by atoms with van der Waals surface area (Å²) in [6.45, 7) is 2.29. The van der Waals surface area contributed by atoms with Gasteiger partial charge in [-0.15, -0.1) is 0 Å². The first-order valence-electron chi connectivity index (χ1n) is 3.14. The highest BCUT2D eigenvalue weighted by molar-refractivity contribution is 4.85. The van der Waals surface area contributed by atoms with E-state index in [9.17, 15) is 5.11 Å². The highest BCUT2D eigenvalue weighted by Crippen LogP contribution is 2.23. The van der Waals surface area contributed by atoms with Gasteiger partial charge in [0, 0.05) is 13.0 Å². The van der Waals surface area contributed by atoms with Crippen molar-refractivity contribution in [3.8, 4) is 0 Å². The second kappa shape index (κ2) is 1.94. The molecule has 0 bridgehead atoms. The molecule has 2 atom stereocenters. The van der Waals surface area contributed by atoms with Crippen LogP contribution in [0.2, 0.25) is 0 Å². The SMILES string of the molecule is CN1C[C@H](O)C[C@]1(C)O. The Morgan fingerprint density at radius 1 is 1.67 bits per heavy atom. The summed E-state index contributed by atoms with van der Waals surface area (Å²) in [4.78, 5) is 1.75. The fourth-order valence-electron chi connectivity index (χ4n) is 1.18. The summed E-state index contributed by atoms with van der Waals surface area (Å²) in [6, 6.07) is 0. The van der Waals surface area contributed by atoms with E-state index in [1.54, 1.807) is 18.9 Å². The molecule has 1 aliphatic heterocycles. The van der Waals surface area contributed by atoms with Crippen molar-refractivity contribution >= 4 is 0 Å². The highest BCUT2D eigenvalue weighted by Gasteiger charge is 2.36. The molecule has 1 fully saturated rings. The van der Waals surface area contributed by atoms with Crippen molar-refractivity contribution in [2.24, 2.45) is 0 Å². The number of β-amino-alcohol motifs (C(OH)–C–C–N with tert-alkyl or cyclic N) is 1. The molecule has 0 aliphatic carbocycles. The lowest BCUT2D eigenvalue weighted by Crippen LogP contribution is -2.37.